The molecule has 1 N–H and O–H groups in total. The Morgan fingerprint density at radius 3 is 2.83 bits per heavy atom. The van der Waals surface area contributed by atoms with Gasteiger partial charge in [0.25, 0.3) is 0 Å². The molecule has 0 atom stereocenters. The van der Waals surface area contributed by atoms with Crippen molar-refractivity contribution in [1.82, 2.24) is 4.40 Å². The van der Waals surface area contributed by atoms with Crippen LogP contribution in [-0.2, 0) is 0 Å². The average molecular weight is 161 g/mol. The Morgan fingerprint density at radius 2 is 2.08 bits per heavy atom. The van der Waals surface area contributed by atoms with Crippen LogP contribution < -0.4 is 0 Å². The van der Waals surface area contributed by atoms with Crippen molar-refractivity contribution in [2.45, 2.75) is 0 Å². The molecular weight excluding hydrogens is 154 g/mol. The molecule has 0 aliphatic heterocycles. The van der Waals surface area contributed by atoms with E-state index in [1.165, 1.54) is 0 Å². The fourth-order valence-corrected chi connectivity index (χ4v) is 1.24. The highest BCUT2D eigenvalue weighted by molar-refractivity contribution is 5.95. The minimum atomic E-state index is -0.885. The fourth-order valence-electron chi connectivity index (χ4n) is 1.24. The molecule has 3 heteroatoms. The molecule has 0 saturated heterocycles. The summed E-state index contributed by atoms with van der Waals surface area (Å²) in [5, 5.41) is 8.76. The van der Waals surface area contributed by atoms with Crippen LogP contribution in [0.1, 0.15) is 10.4 Å². The van der Waals surface area contributed by atoms with E-state index in [2.05, 4.69) is 0 Å². The topological polar surface area (TPSA) is 41.7 Å². The quantitative estimate of drug-likeness (QED) is 0.690. The summed E-state index contributed by atoms with van der Waals surface area (Å²) in [5.74, 6) is -0.885. The number of aromatic carboxylic acids is 1. The van der Waals surface area contributed by atoms with Crippen LogP contribution in [0.3, 0.4) is 0 Å². The number of carbonyl (C=O) groups is 1. The summed E-state index contributed by atoms with van der Waals surface area (Å²) in [6.45, 7) is 0. The molecular formula is C9H7NO2. The SMILES string of the molecule is O=C(O)c1ccn2ccccc12. The van der Waals surface area contributed by atoms with Gasteiger partial charge in [-0.05, 0) is 18.2 Å². The molecule has 0 fully saturated rings. The molecule has 0 unspecified atom stereocenters. The van der Waals surface area contributed by atoms with Gasteiger partial charge in [0.2, 0.25) is 0 Å². The number of carboxylic acids is 1. The van der Waals surface area contributed by atoms with Gasteiger partial charge in [-0.2, -0.15) is 0 Å². The van der Waals surface area contributed by atoms with Crippen LogP contribution in [0.25, 0.3) is 5.52 Å². The van der Waals surface area contributed by atoms with Gasteiger partial charge in [-0.3, -0.25) is 0 Å². The summed E-state index contributed by atoms with van der Waals surface area (Å²) in [4.78, 5) is 10.7. The number of pyridine rings is 1. The van der Waals surface area contributed by atoms with Crippen LogP contribution in [-0.4, -0.2) is 15.5 Å². The van der Waals surface area contributed by atoms with Crippen LogP contribution in [0.5, 0.6) is 0 Å². The van der Waals surface area contributed by atoms with Crippen LogP contribution in [0.15, 0.2) is 36.7 Å². The first-order valence-electron chi connectivity index (χ1n) is 3.58. The molecule has 60 valence electrons. The maximum atomic E-state index is 10.7. The Morgan fingerprint density at radius 1 is 1.25 bits per heavy atom. The van der Waals surface area contributed by atoms with Gasteiger partial charge < -0.3 is 9.51 Å². The molecule has 0 bridgehead atoms. The third-order valence-corrected chi connectivity index (χ3v) is 1.80. The summed E-state index contributed by atoms with van der Waals surface area (Å²) in [6.07, 6.45) is 3.56. The molecule has 0 aromatic carbocycles. The predicted molar refractivity (Wildman–Crippen MR) is 44.4 cm³/mol. The van der Waals surface area contributed by atoms with Gasteiger partial charge in [0, 0.05) is 12.4 Å². The first-order chi connectivity index (χ1) is 5.79. The number of hydrogen-bond acceptors (Lipinski definition) is 1. The lowest BCUT2D eigenvalue weighted by atomic mass is 10.2. The minimum Gasteiger partial charge on any atom is -0.478 e. The van der Waals surface area contributed by atoms with Crippen LogP contribution in [0.2, 0.25) is 0 Å². The Kier molecular flexibility index (Phi) is 1.37. The molecule has 0 spiro atoms. The van der Waals surface area contributed by atoms with Crippen molar-refractivity contribution in [3.8, 4) is 0 Å². The third-order valence-electron chi connectivity index (χ3n) is 1.80. The first kappa shape index (κ1) is 6.91. The van der Waals surface area contributed by atoms with E-state index in [0.29, 0.717) is 5.56 Å². The Hall–Kier alpha value is -1.77. The van der Waals surface area contributed by atoms with E-state index < -0.39 is 5.97 Å². The second-order valence-corrected chi connectivity index (χ2v) is 2.53. The fraction of sp³-hybridized carbons (Fsp3) is 0. The lowest BCUT2D eigenvalue weighted by molar-refractivity contribution is 0.0699. The summed E-state index contributed by atoms with van der Waals surface area (Å²) >= 11 is 0. The van der Waals surface area contributed by atoms with Crippen molar-refractivity contribution < 1.29 is 9.90 Å². The summed E-state index contributed by atoms with van der Waals surface area (Å²) < 4.78 is 1.78. The second-order valence-electron chi connectivity index (χ2n) is 2.53. The van der Waals surface area contributed by atoms with E-state index in [1.54, 1.807) is 22.7 Å². The Labute approximate surface area is 68.9 Å². The van der Waals surface area contributed by atoms with E-state index in [1.807, 2.05) is 18.3 Å². The highest BCUT2D eigenvalue weighted by Gasteiger charge is 2.07. The maximum Gasteiger partial charge on any atom is 0.337 e. The van der Waals surface area contributed by atoms with E-state index in [0.717, 1.165) is 5.52 Å². The van der Waals surface area contributed by atoms with Gasteiger partial charge in [0.15, 0.2) is 0 Å². The molecule has 0 radical (unpaired) electrons. The molecule has 0 amide bonds. The van der Waals surface area contributed by atoms with Crippen molar-refractivity contribution in [3.63, 3.8) is 0 Å². The number of hydrogen-bond donors (Lipinski definition) is 1. The van der Waals surface area contributed by atoms with Crippen molar-refractivity contribution in [1.29, 1.82) is 0 Å². The van der Waals surface area contributed by atoms with Crippen LogP contribution >= 0.6 is 0 Å². The van der Waals surface area contributed by atoms with Gasteiger partial charge in [-0.1, -0.05) is 6.07 Å². The average Bonchev–Trinajstić information content (AvgIpc) is 2.47. The van der Waals surface area contributed by atoms with Gasteiger partial charge in [-0.25, -0.2) is 4.79 Å². The van der Waals surface area contributed by atoms with Gasteiger partial charge in [-0.15, -0.1) is 0 Å². The molecule has 3 nitrogen and oxygen atoms in total. The van der Waals surface area contributed by atoms with Crippen molar-refractivity contribution >= 4 is 11.5 Å². The van der Waals surface area contributed by atoms with Crippen LogP contribution in [0, 0.1) is 0 Å². The van der Waals surface area contributed by atoms with Gasteiger partial charge in [0.05, 0.1) is 11.1 Å². The predicted octanol–water partition coefficient (Wildman–Crippen LogP) is 1.64. The van der Waals surface area contributed by atoms with Crippen LogP contribution in [0.4, 0.5) is 0 Å². The van der Waals surface area contributed by atoms with Gasteiger partial charge >= 0.3 is 5.97 Å². The second kappa shape index (κ2) is 2.37. The molecule has 2 aromatic rings. The number of fused-ring (bicyclic) bond motifs is 1. The number of rotatable bonds is 1. The summed E-state index contributed by atoms with van der Waals surface area (Å²) in [6, 6.07) is 7.06. The highest BCUT2D eigenvalue weighted by atomic mass is 16.4. The van der Waals surface area contributed by atoms with Crippen molar-refractivity contribution in [2.24, 2.45) is 0 Å². The normalized spacial score (nSPS) is 10.3. The number of carboxylic acid groups (broad SMARTS) is 1. The first-order valence-corrected chi connectivity index (χ1v) is 3.58. The zero-order chi connectivity index (χ0) is 8.55. The number of aromatic nitrogens is 1. The molecule has 0 aliphatic carbocycles. The largest absolute Gasteiger partial charge is 0.478 e. The lowest BCUT2D eigenvalue weighted by Crippen LogP contribution is -1.94. The highest BCUT2D eigenvalue weighted by Crippen LogP contribution is 2.11. The zero-order valence-corrected chi connectivity index (χ0v) is 6.27. The van der Waals surface area contributed by atoms with Gasteiger partial charge in [0.1, 0.15) is 0 Å². The van der Waals surface area contributed by atoms with E-state index in [9.17, 15) is 4.79 Å². The standard InChI is InChI=1S/C9H7NO2/c11-9(12)7-4-6-10-5-2-1-3-8(7)10/h1-6H,(H,11,12). The monoisotopic (exact) mass is 161 g/mol. The van der Waals surface area contributed by atoms with E-state index >= 15 is 0 Å². The molecule has 12 heavy (non-hydrogen) atoms. The zero-order valence-electron chi connectivity index (χ0n) is 6.27. The molecule has 2 aromatic heterocycles. The Balaban J connectivity index is 2.79. The number of nitrogens with zero attached hydrogens (tertiary/aromatic N) is 1. The van der Waals surface area contributed by atoms with Crippen molar-refractivity contribution in [3.05, 3.63) is 42.2 Å². The molecule has 0 aliphatic rings. The third kappa shape index (κ3) is 0.871. The van der Waals surface area contributed by atoms with E-state index in [-0.39, 0.29) is 0 Å². The molecule has 2 heterocycles. The molecule has 2 rings (SSSR count). The summed E-state index contributed by atoms with van der Waals surface area (Å²) in [5.41, 5.74) is 1.07. The van der Waals surface area contributed by atoms with E-state index in [4.69, 9.17) is 5.11 Å². The maximum absolute atomic E-state index is 10.7. The Bertz CT molecular complexity index is 431. The van der Waals surface area contributed by atoms with Crippen molar-refractivity contribution in [2.75, 3.05) is 0 Å². The summed E-state index contributed by atoms with van der Waals surface area (Å²) in [7, 11) is 0. The molecule has 0 saturated carbocycles. The lowest BCUT2D eigenvalue weighted by Gasteiger charge is -1.93. The minimum absolute atomic E-state index is 0.343. The smallest absolute Gasteiger partial charge is 0.337 e.